The van der Waals surface area contributed by atoms with E-state index in [-0.39, 0.29) is 19.4 Å². The largest absolute Gasteiger partial charge is 0.481 e. The molecule has 1 amide bonds. The molecule has 0 aromatic heterocycles. The van der Waals surface area contributed by atoms with Crippen molar-refractivity contribution in [2.24, 2.45) is 17.1 Å². The molecule has 7 heteroatoms. The van der Waals surface area contributed by atoms with E-state index in [9.17, 15) is 19.2 Å². The molecule has 0 aromatic carbocycles. The number of carbonyl (C=O) groups is 4. The summed E-state index contributed by atoms with van der Waals surface area (Å²) in [5, 5.41) is 8.77. The Balaban J connectivity index is 2.93. The van der Waals surface area contributed by atoms with Crippen LogP contribution in [-0.4, -0.2) is 35.3 Å². The van der Waals surface area contributed by atoms with Crippen molar-refractivity contribution in [1.82, 2.24) is 0 Å². The van der Waals surface area contributed by atoms with Crippen LogP contribution < -0.4 is 5.73 Å². The third-order valence-electron chi connectivity index (χ3n) is 3.08. The second kappa shape index (κ2) is 5.16. The molecule has 1 aliphatic carbocycles. The van der Waals surface area contributed by atoms with Crippen molar-refractivity contribution in [3.05, 3.63) is 0 Å². The number of ether oxygens (including phenoxy) is 1. The third-order valence-corrected chi connectivity index (χ3v) is 3.08. The van der Waals surface area contributed by atoms with Crippen molar-refractivity contribution >= 4 is 23.6 Å². The maximum absolute atomic E-state index is 11.7. The number of carboxylic acids is 1. The Morgan fingerprint density at radius 1 is 1.50 bits per heavy atom. The number of carbonyl (C=O) groups excluding carboxylic acids is 3. The van der Waals surface area contributed by atoms with E-state index >= 15 is 0 Å². The highest BCUT2D eigenvalue weighted by Gasteiger charge is 2.52. The minimum absolute atomic E-state index is 0.116. The van der Waals surface area contributed by atoms with Crippen LogP contribution in [0.2, 0.25) is 0 Å². The molecule has 0 spiro atoms. The molecule has 0 heterocycles. The maximum atomic E-state index is 11.7. The predicted octanol–water partition coefficient (Wildman–Crippen LogP) is -0.525. The lowest BCUT2D eigenvalue weighted by Gasteiger charge is -2.21. The molecule has 0 radical (unpaired) electrons. The van der Waals surface area contributed by atoms with E-state index in [1.165, 1.54) is 0 Å². The molecule has 1 saturated carbocycles. The first kappa shape index (κ1) is 14.1. The number of hydrogen-bond donors (Lipinski definition) is 2. The van der Waals surface area contributed by atoms with Gasteiger partial charge >= 0.3 is 11.9 Å². The van der Waals surface area contributed by atoms with Crippen LogP contribution in [0.25, 0.3) is 0 Å². The smallest absolute Gasteiger partial charge is 0.316 e. The van der Waals surface area contributed by atoms with Gasteiger partial charge in [-0.05, 0) is 13.3 Å². The van der Waals surface area contributed by atoms with Gasteiger partial charge in [-0.3, -0.25) is 19.2 Å². The normalized spacial score (nSPS) is 26.9. The van der Waals surface area contributed by atoms with E-state index in [4.69, 9.17) is 15.6 Å². The molecule has 3 N–H and O–H groups in total. The van der Waals surface area contributed by atoms with Crippen LogP contribution >= 0.6 is 0 Å². The van der Waals surface area contributed by atoms with E-state index in [1.54, 1.807) is 6.92 Å². The fourth-order valence-electron chi connectivity index (χ4n) is 2.19. The molecular formula is C11H15NO6. The number of nitrogens with two attached hydrogens (primary N) is 1. The summed E-state index contributed by atoms with van der Waals surface area (Å²) < 4.78 is 4.71. The van der Waals surface area contributed by atoms with Gasteiger partial charge in [0, 0.05) is 6.42 Å². The van der Waals surface area contributed by atoms with Crippen molar-refractivity contribution < 1.29 is 29.0 Å². The lowest BCUT2D eigenvalue weighted by Crippen LogP contribution is -2.37. The maximum Gasteiger partial charge on any atom is 0.316 e. The average molecular weight is 257 g/mol. The van der Waals surface area contributed by atoms with E-state index in [0.717, 1.165) is 0 Å². The van der Waals surface area contributed by atoms with Crippen LogP contribution in [0.1, 0.15) is 26.2 Å². The zero-order chi connectivity index (χ0) is 13.9. The molecule has 2 atom stereocenters. The summed E-state index contributed by atoms with van der Waals surface area (Å²) >= 11 is 0. The van der Waals surface area contributed by atoms with Crippen LogP contribution in [0.15, 0.2) is 0 Å². The quantitative estimate of drug-likeness (QED) is 0.504. The predicted molar refractivity (Wildman–Crippen MR) is 58.2 cm³/mol. The number of ketones is 1. The zero-order valence-electron chi connectivity index (χ0n) is 9.97. The Labute approximate surface area is 103 Å². The van der Waals surface area contributed by atoms with E-state index in [2.05, 4.69) is 0 Å². The van der Waals surface area contributed by atoms with E-state index in [1.807, 2.05) is 0 Å². The molecule has 100 valence electrons. The van der Waals surface area contributed by atoms with Gasteiger partial charge in [0.1, 0.15) is 11.7 Å². The molecule has 0 saturated heterocycles. The molecule has 0 bridgehead atoms. The molecule has 7 nitrogen and oxygen atoms in total. The fourth-order valence-corrected chi connectivity index (χ4v) is 2.19. The second-order valence-electron chi connectivity index (χ2n) is 4.37. The number of Topliss-reactive ketones (excluding diaryl/α,β-unsaturated/α-hetero) is 1. The minimum Gasteiger partial charge on any atom is -0.481 e. The second-order valence-corrected chi connectivity index (χ2v) is 4.37. The molecule has 1 aliphatic rings. The SMILES string of the molecule is CCOC(=O)C1CC(CC(=O)O)(C(N)=O)CC1=O. The molecule has 2 unspecified atom stereocenters. The van der Waals surface area contributed by atoms with Gasteiger partial charge < -0.3 is 15.6 Å². The van der Waals surface area contributed by atoms with Gasteiger partial charge in [-0.25, -0.2) is 0 Å². The number of esters is 1. The lowest BCUT2D eigenvalue weighted by molar-refractivity contribution is -0.151. The summed E-state index contributed by atoms with van der Waals surface area (Å²) in [6, 6.07) is 0. The summed E-state index contributed by atoms with van der Waals surface area (Å²) in [7, 11) is 0. The first-order valence-corrected chi connectivity index (χ1v) is 5.53. The monoisotopic (exact) mass is 257 g/mol. The van der Waals surface area contributed by atoms with E-state index < -0.39 is 41.4 Å². The highest BCUT2D eigenvalue weighted by atomic mass is 16.5. The average Bonchev–Trinajstić information content (AvgIpc) is 2.56. The van der Waals surface area contributed by atoms with Crippen LogP contribution in [0.5, 0.6) is 0 Å². The van der Waals surface area contributed by atoms with Gasteiger partial charge in [-0.1, -0.05) is 0 Å². The Morgan fingerprint density at radius 3 is 2.56 bits per heavy atom. The number of primary amides is 1. The summed E-state index contributed by atoms with van der Waals surface area (Å²) in [4.78, 5) is 45.3. The van der Waals surface area contributed by atoms with Crippen molar-refractivity contribution in [2.75, 3.05) is 6.61 Å². The topological polar surface area (TPSA) is 124 Å². The van der Waals surface area contributed by atoms with Gasteiger partial charge in [0.15, 0.2) is 0 Å². The zero-order valence-corrected chi connectivity index (χ0v) is 9.97. The molecule has 0 aliphatic heterocycles. The first-order valence-electron chi connectivity index (χ1n) is 5.53. The Hall–Kier alpha value is -1.92. The Morgan fingerprint density at radius 2 is 2.11 bits per heavy atom. The van der Waals surface area contributed by atoms with E-state index in [0.29, 0.717) is 0 Å². The highest BCUT2D eigenvalue weighted by molar-refractivity contribution is 6.05. The highest BCUT2D eigenvalue weighted by Crippen LogP contribution is 2.42. The molecule has 1 fully saturated rings. The fraction of sp³-hybridized carbons (Fsp3) is 0.636. The third kappa shape index (κ3) is 2.66. The summed E-state index contributed by atoms with van der Waals surface area (Å²) in [6.07, 6.45) is -1.06. The van der Waals surface area contributed by atoms with Gasteiger partial charge in [0.25, 0.3) is 0 Å². The van der Waals surface area contributed by atoms with Crippen LogP contribution in [-0.2, 0) is 23.9 Å². The van der Waals surface area contributed by atoms with Crippen molar-refractivity contribution in [3.63, 3.8) is 0 Å². The van der Waals surface area contributed by atoms with Crippen LogP contribution in [0.4, 0.5) is 0 Å². The molecule has 1 rings (SSSR count). The number of hydrogen-bond acceptors (Lipinski definition) is 5. The van der Waals surface area contributed by atoms with Crippen LogP contribution in [0, 0.1) is 11.3 Å². The molecular weight excluding hydrogens is 242 g/mol. The Kier molecular flexibility index (Phi) is 4.05. The number of aliphatic carboxylic acids is 1. The summed E-state index contributed by atoms with van der Waals surface area (Å²) in [5.41, 5.74) is 3.70. The van der Waals surface area contributed by atoms with Crippen LogP contribution in [0.3, 0.4) is 0 Å². The number of amides is 1. The van der Waals surface area contributed by atoms with Gasteiger partial charge in [-0.2, -0.15) is 0 Å². The number of rotatable bonds is 5. The van der Waals surface area contributed by atoms with Gasteiger partial charge in [-0.15, -0.1) is 0 Å². The molecule has 0 aromatic rings. The van der Waals surface area contributed by atoms with Gasteiger partial charge in [0.05, 0.1) is 18.4 Å². The summed E-state index contributed by atoms with van der Waals surface area (Å²) in [6.45, 7) is 1.71. The van der Waals surface area contributed by atoms with Crippen molar-refractivity contribution in [1.29, 1.82) is 0 Å². The summed E-state index contributed by atoms with van der Waals surface area (Å²) in [5.74, 6) is -4.41. The van der Waals surface area contributed by atoms with Gasteiger partial charge in [0.2, 0.25) is 5.91 Å². The first-order chi connectivity index (χ1) is 8.32. The Bertz CT molecular complexity index is 404. The lowest BCUT2D eigenvalue weighted by atomic mass is 9.81. The molecule has 18 heavy (non-hydrogen) atoms. The van der Waals surface area contributed by atoms with Crippen molar-refractivity contribution in [3.8, 4) is 0 Å². The number of carboxylic acid groups (broad SMARTS) is 1. The minimum atomic E-state index is -1.47. The van der Waals surface area contributed by atoms with Crippen molar-refractivity contribution in [2.45, 2.75) is 26.2 Å². The standard InChI is InChI=1S/C11H15NO6/c1-2-18-9(16)6-3-11(10(12)17,4-7(6)13)5-8(14)15/h6H,2-5H2,1H3,(H2,12,17)(H,14,15).